The maximum absolute atomic E-state index is 11.2. The van der Waals surface area contributed by atoms with E-state index in [1.54, 1.807) is 12.1 Å². The van der Waals surface area contributed by atoms with Crippen molar-refractivity contribution in [3.63, 3.8) is 0 Å². The summed E-state index contributed by atoms with van der Waals surface area (Å²) in [6.45, 7) is 4.19. The molecule has 0 amide bonds. The molecule has 0 aliphatic rings. The lowest BCUT2D eigenvalue weighted by Gasteiger charge is -2.20. The van der Waals surface area contributed by atoms with Crippen LogP contribution in [0.5, 0.6) is 0 Å². The highest BCUT2D eigenvalue weighted by Gasteiger charge is 2.27. The van der Waals surface area contributed by atoms with Gasteiger partial charge in [-0.15, -0.1) is 0 Å². The minimum Gasteiger partial charge on any atom is -0.358 e. The standard InChI is InChI=1S/C25H21N3O2/c1-15-23(19-7-3-5-9-21(19)26-15)25(17-11-13-18(14-12-17)28(29)30)24-16(2)27-22-10-6-4-8-20(22)24/h3-14,25-27H,1-2H3. The van der Waals surface area contributed by atoms with Crippen molar-refractivity contribution in [3.8, 4) is 0 Å². The fraction of sp³-hybridized carbons (Fsp3) is 0.120. The Kier molecular flexibility index (Phi) is 4.17. The number of hydrogen-bond donors (Lipinski definition) is 2. The third kappa shape index (κ3) is 2.78. The highest BCUT2D eigenvalue weighted by molar-refractivity contribution is 5.90. The van der Waals surface area contributed by atoms with E-state index in [0.717, 1.165) is 28.0 Å². The summed E-state index contributed by atoms with van der Waals surface area (Å²) in [5, 5.41) is 13.5. The van der Waals surface area contributed by atoms with Crippen LogP contribution in [0.15, 0.2) is 72.8 Å². The number of aryl methyl sites for hydroxylation is 2. The van der Waals surface area contributed by atoms with E-state index < -0.39 is 0 Å². The molecule has 0 radical (unpaired) electrons. The molecular formula is C25H21N3O2. The molecule has 0 aliphatic carbocycles. The second kappa shape index (κ2) is 6.88. The molecule has 5 aromatic rings. The fourth-order valence-corrected chi connectivity index (χ4v) is 4.61. The van der Waals surface area contributed by atoms with E-state index in [0.29, 0.717) is 0 Å². The number of aromatic amines is 2. The van der Waals surface area contributed by atoms with E-state index in [2.05, 4.69) is 48.1 Å². The minimum atomic E-state index is -0.354. The van der Waals surface area contributed by atoms with Crippen molar-refractivity contribution >= 4 is 27.5 Å². The van der Waals surface area contributed by atoms with Crippen molar-refractivity contribution in [2.45, 2.75) is 19.8 Å². The van der Waals surface area contributed by atoms with Crippen LogP contribution in [-0.4, -0.2) is 14.9 Å². The molecule has 5 rings (SSSR count). The number of aromatic nitrogens is 2. The Morgan fingerprint density at radius 1 is 0.733 bits per heavy atom. The van der Waals surface area contributed by atoms with Crippen LogP contribution in [0.4, 0.5) is 5.69 Å². The van der Waals surface area contributed by atoms with Crippen molar-refractivity contribution in [2.24, 2.45) is 0 Å². The molecule has 30 heavy (non-hydrogen) atoms. The Bertz CT molecular complexity index is 1310. The number of H-pyrrole nitrogens is 2. The number of non-ortho nitro benzene ring substituents is 1. The summed E-state index contributed by atoms with van der Waals surface area (Å²) in [6, 6.07) is 23.5. The second-order valence-corrected chi connectivity index (χ2v) is 7.70. The number of para-hydroxylation sites is 2. The van der Waals surface area contributed by atoms with Gasteiger partial charge in [0.05, 0.1) is 4.92 Å². The quantitative estimate of drug-likeness (QED) is 0.275. The van der Waals surface area contributed by atoms with Crippen LogP contribution >= 0.6 is 0 Å². The SMILES string of the molecule is Cc1[nH]c2ccccc2c1C(c1ccc([N+](=O)[O-])cc1)c1c(C)[nH]c2ccccc12. The van der Waals surface area contributed by atoms with E-state index in [1.165, 1.54) is 21.9 Å². The first-order valence-corrected chi connectivity index (χ1v) is 9.93. The third-order valence-corrected chi connectivity index (χ3v) is 5.90. The number of nitrogens with one attached hydrogen (secondary N) is 2. The summed E-state index contributed by atoms with van der Waals surface area (Å²) in [5.41, 5.74) is 7.92. The molecule has 2 aromatic heterocycles. The van der Waals surface area contributed by atoms with Crippen LogP contribution in [0.25, 0.3) is 21.8 Å². The zero-order valence-electron chi connectivity index (χ0n) is 16.8. The number of benzene rings is 3. The Labute approximate surface area is 173 Å². The number of nitrogens with zero attached hydrogens (tertiary/aromatic N) is 1. The Hall–Kier alpha value is -3.86. The smallest absolute Gasteiger partial charge is 0.269 e. The van der Waals surface area contributed by atoms with Crippen molar-refractivity contribution < 1.29 is 4.92 Å². The van der Waals surface area contributed by atoms with Crippen LogP contribution < -0.4 is 0 Å². The fourth-order valence-electron chi connectivity index (χ4n) is 4.61. The molecule has 0 atom stereocenters. The van der Waals surface area contributed by atoms with Crippen molar-refractivity contribution in [3.05, 3.63) is 111 Å². The molecule has 0 fully saturated rings. The number of fused-ring (bicyclic) bond motifs is 2. The molecule has 0 saturated heterocycles. The van der Waals surface area contributed by atoms with Gasteiger partial charge in [-0.1, -0.05) is 48.5 Å². The van der Waals surface area contributed by atoms with Crippen molar-refractivity contribution in [1.29, 1.82) is 0 Å². The molecule has 0 aliphatic heterocycles. The number of rotatable bonds is 4. The largest absolute Gasteiger partial charge is 0.358 e. The van der Waals surface area contributed by atoms with Gasteiger partial charge in [-0.05, 0) is 42.7 Å². The molecular weight excluding hydrogens is 374 g/mol. The van der Waals surface area contributed by atoms with Gasteiger partial charge >= 0.3 is 0 Å². The Balaban J connectivity index is 1.83. The van der Waals surface area contributed by atoms with E-state index in [1.807, 2.05) is 36.4 Å². The average molecular weight is 395 g/mol. The normalized spacial score (nSPS) is 11.6. The molecule has 5 nitrogen and oxygen atoms in total. The predicted molar refractivity (Wildman–Crippen MR) is 120 cm³/mol. The summed E-state index contributed by atoms with van der Waals surface area (Å²) in [5.74, 6) is -0.0573. The Morgan fingerprint density at radius 2 is 1.20 bits per heavy atom. The maximum Gasteiger partial charge on any atom is 0.269 e. The number of nitro benzene ring substituents is 1. The van der Waals surface area contributed by atoms with E-state index >= 15 is 0 Å². The van der Waals surface area contributed by atoms with Crippen LogP contribution in [0.1, 0.15) is 34.0 Å². The molecule has 5 heteroatoms. The van der Waals surface area contributed by atoms with Crippen LogP contribution in [0, 0.1) is 24.0 Å². The number of nitro groups is 1. The summed E-state index contributed by atoms with van der Waals surface area (Å²) in [7, 11) is 0. The second-order valence-electron chi connectivity index (χ2n) is 7.70. The van der Waals surface area contributed by atoms with Gasteiger partial charge < -0.3 is 9.97 Å². The van der Waals surface area contributed by atoms with Gasteiger partial charge in [-0.3, -0.25) is 10.1 Å². The molecule has 2 N–H and O–H groups in total. The van der Waals surface area contributed by atoms with E-state index in [-0.39, 0.29) is 16.5 Å². The van der Waals surface area contributed by atoms with Gasteiger partial charge in [0.15, 0.2) is 0 Å². The summed E-state index contributed by atoms with van der Waals surface area (Å²) in [4.78, 5) is 17.9. The summed E-state index contributed by atoms with van der Waals surface area (Å²) >= 11 is 0. The lowest BCUT2D eigenvalue weighted by atomic mass is 9.82. The summed E-state index contributed by atoms with van der Waals surface area (Å²) < 4.78 is 0. The lowest BCUT2D eigenvalue weighted by Crippen LogP contribution is -2.06. The zero-order valence-corrected chi connectivity index (χ0v) is 16.8. The molecule has 0 spiro atoms. The summed E-state index contributed by atoms with van der Waals surface area (Å²) in [6.07, 6.45) is 0. The van der Waals surface area contributed by atoms with Gasteiger partial charge in [0.2, 0.25) is 0 Å². The first kappa shape index (κ1) is 18.2. The first-order chi connectivity index (χ1) is 14.5. The van der Waals surface area contributed by atoms with E-state index in [4.69, 9.17) is 0 Å². The monoisotopic (exact) mass is 395 g/mol. The average Bonchev–Trinajstić information content (AvgIpc) is 3.25. The minimum absolute atomic E-state index is 0.0573. The van der Waals surface area contributed by atoms with Crippen LogP contribution in [0.3, 0.4) is 0 Å². The first-order valence-electron chi connectivity index (χ1n) is 9.93. The van der Waals surface area contributed by atoms with Crippen LogP contribution in [0.2, 0.25) is 0 Å². The highest BCUT2D eigenvalue weighted by Crippen LogP contribution is 2.42. The van der Waals surface area contributed by atoms with Gasteiger partial charge in [-0.2, -0.15) is 0 Å². The third-order valence-electron chi connectivity index (χ3n) is 5.90. The van der Waals surface area contributed by atoms with E-state index in [9.17, 15) is 10.1 Å². The topological polar surface area (TPSA) is 74.7 Å². The predicted octanol–water partition coefficient (Wildman–Crippen LogP) is 6.35. The molecule has 3 aromatic carbocycles. The number of hydrogen-bond acceptors (Lipinski definition) is 2. The van der Waals surface area contributed by atoms with Crippen LogP contribution in [-0.2, 0) is 0 Å². The van der Waals surface area contributed by atoms with Gasteiger partial charge in [-0.25, -0.2) is 0 Å². The lowest BCUT2D eigenvalue weighted by molar-refractivity contribution is -0.384. The van der Waals surface area contributed by atoms with Gasteiger partial charge in [0.25, 0.3) is 5.69 Å². The van der Waals surface area contributed by atoms with Gasteiger partial charge in [0.1, 0.15) is 0 Å². The molecule has 148 valence electrons. The molecule has 0 unspecified atom stereocenters. The van der Waals surface area contributed by atoms with Gasteiger partial charge in [0, 0.05) is 51.2 Å². The molecule has 0 saturated carbocycles. The zero-order chi connectivity index (χ0) is 20.8. The Morgan fingerprint density at radius 3 is 1.67 bits per heavy atom. The molecule has 0 bridgehead atoms. The molecule has 2 heterocycles. The van der Waals surface area contributed by atoms with Crippen molar-refractivity contribution in [1.82, 2.24) is 9.97 Å². The maximum atomic E-state index is 11.2. The van der Waals surface area contributed by atoms with Crippen molar-refractivity contribution in [2.75, 3.05) is 0 Å². The highest BCUT2D eigenvalue weighted by atomic mass is 16.6.